The van der Waals surface area contributed by atoms with Gasteiger partial charge < -0.3 is 9.84 Å². The number of hydrogen-bond donors (Lipinski definition) is 1. The molecule has 0 saturated heterocycles. The Kier molecular flexibility index (Phi) is 4.56. The largest absolute Gasteiger partial charge is 0.479 e. The smallest absolute Gasteiger partial charge is 0.345 e. The second-order valence-electron chi connectivity index (χ2n) is 5.47. The molecule has 0 aliphatic carbocycles. The number of hydrogen-bond acceptors (Lipinski definition) is 2. The molecule has 86 valence electrons. The lowest BCUT2D eigenvalue weighted by Gasteiger charge is -2.22. The van der Waals surface area contributed by atoms with Gasteiger partial charge in [-0.05, 0) is 20.8 Å². The lowest BCUT2D eigenvalue weighted by Crippen LogP contribution is -2.32. The highest BCUT2D eigenvalue weighted by atomic mass is 28.3. The molecule has 0 fully saturated rings. The Morgan fingerprint density at radius 2 is 1.80 bits per heavy atom. The van der Waals surface area contributed by atoms with Crippen LogP contribution < -0.4 is 0 Å². The topological polar surface area (TPSA) is 46.5 Å². The van der Waals surface area contributed by atoms with Crippen molar-refractivity contribution < 1.29 is 14.6 Å². The molecule has 0 aliphatic rings. The molecule has 0 saturated carbocycles. The summed E-state index contributed by atoms with van der Waals surface area (Å²) >= 11 is 0. The summed E-state index contributed by atoms with van der Waals surface area (Å²) in [6.07, 6.45) is -1.02. The summed E-state index contributed by atoms with van der Waals surface area (Å²) in [6, 6.07) is 0. The van der Waals surface area contributed by atoms with Crippen molar-refractivity contribution in [2.75, 3.05) is 0 Å². The summed E-state index contributed by atoms with van der Waals surface area (Å²) in [7, 11) is -1.55. The van der Waals surface area contributed by atoms with Crippen molar-refractivity contribution in [1.82, 2.24) is 0 Å². The summed E-state index contributed by atoms with van der Waals surface area (Å²) < 4.78 is 5.34. The van der Waals surface area contributed by atoms with E-state index in [4.69, 9.17) is 9.84 Å². The molecule has 0 radical (unpaired) electrons. The van der Waals surface area contributed by atoms with Crippen molar-refractivity contribution in [1.29, 1.82) is 0 Å². The van der Waals surface area contributed by atoms with Crippen LogP contribution in [0.25, 0.3) is 0 Å². The first-order valence-electron chi connectivity index (χ1n) is 4.94. The predicted octanol–water partition coefficient (Wildman–Crippen LogP) is 2.14. The molecule has 1 atom stereocenters. The molecule has 0 amide bonds. The Bertz CT molecular complexity index is 286. The van der Waals surface area contributed by atoms with Crippen molar-refractivity contribution in [3.63, 3.8) is 0 Å². The average Bonchev–Trinajstić information content (AvgIpc) is 1.93. The highest BCUT2D eigenvalue weighted by Crippen LogP contribution is 2.11. The number of aliphatic carboxylic acids is 1. The lowest BCUT2D eigenvalue weighted by molar-refractivity contribution is -0.153. The maximum atomic E-state index is 10.9. The minimum Gasteiger partial charge on any atom is -0.479 e. The average molecular weight is 228 g/mol. The Morgan fingerprint density at radius 3 is 2.07 bits per heavy atom. The van der Waals surface area contributed by atoms with Crippen LogP contribution in [0.5, 0.6) is 0 Å². The second-order valence-corrected chi connectivity index (χ2v) is 10.2. The van der Waals surface area contributed by atoms with E-state index in [-0.39, 0.29) is 0 Å². The minimum atomic E-state index is -1.55. The lowest BCUT2D eigenvalue weighted by atomic mass is 10.2. The fourth-order valence-corrected chi connectivity index (χ4v) is 1.34. The monoisotopic (exact) mass is 228 g/mol. The van der Waals surface area contributed by atoms with Crippen molar-refractivity contribution in [2.45, 2.75) is 52.1 Å². The van der Waals surface area contributed by atoms with Gasteiger partial charge in [0.25, 0.3) is 0 Å². The summed E-state index contributed by atoms with van der Waals surface area (Å²) in [5.74, 6) is 1.69. The molecule has 15 heavy (non-hydrogen) atoms. The summed E-state index contributed by atoms with van der Waals surface area (Å²) in [6.45, 7) is 11.7. The summed E-state index contributed by atoms with van der Waals surface area (Å²) in [4.78, 5) is 10.9. The first kappa shape index (κ1) is 14.2. The highest BCUT2D eigenvalue weighted by molar-refractivity contribution is 6.83. The van der Waals surface area contributed by atoms with Crippen LogP contribution in [0, 0.1) is 11.5 Å². The van der Waals surface area contributed by atoms with Crippen molar-refractivity contribution in [2.24, 2.45) is 0 Å². The molecule has 4 heteroatoms. The summed E-state index contributed by atoms with van der Waals surface area (Å²) in [5, 5.41) is 8.92. The molecule has 0 aromatic carbocycles. The van der Waals surface area contributed by atoms with Gasteiger partial charge in [-0.3, -0.25) is 0 Å². The number of rotatable bonds is 2. The van der Waals surface area contributed by atoms with Gasteiger partial charge in [0.2, 0.25) is 6.10 Å². The van der Waals surface area contributed by atoms with Crippen LogP contribution in [0.3, 0.4) is 0 Å². The van der Waals surface area contributed by atoms with Gasteiger partial charge >= 0.3 is 5.97 Å². The molecule has 0 spiro atoms. The molecule has 0 aliphatic heterocycles. The van der Waals surface area contributed by atoms with E-state index in [0.717, 1.165) is 0 Å². The van der Waals surface area contributed by atoms with Crippen LogP contribution in [-0.2, 0) is 9.53 Å². The number of carboxylic acid groups (broad SMARTS) is 1. The zero-order valence-electron chi connectivity index (χ0n) is 10.3. The van der Waals surface area contributed by atoms with Crippen LogP contribution in [0.15, 0.2) is 0 Å². The van der Waals surface area contributed by atoms with Crippen LogP contribution in [0.1, 0.15) is 20.8 Å². The Hall–Kier alpha value is -0.793. The van der Waals surface area contributed by atoms with E-state index in [1.54, 1.807) is 0 Å². The van der Waals surface area contributed by atoms with E-state index >= 15 is 0 Å². The molecular weight excluding hydrogens is 208 g/mol. The van der Waals surface area contributed by atoms with Gasteiger partial charge in [-0.1, -0.05) is 25.6 Å². The molecular formula is C11H20O3Si. The molecule has 0 rings (SSSR count). The molecule has 0 aromatic heterocycles. The van der Waals surface area contributed by atoms with Crippen molar-refractivity contribution >= 4 is 14.0 Å². The van der Waals surface area contributed by atoms with Gasteiger partial charge in [0.05, 0.1) is 5.60 Å². The van der Waals surface area contributed by atoms with Gasteiger partial charge in [-0.2, -0.15) is 0 Å². The summed E-state index contributed by atoms with van der Waals surface area (Å²) in [5.41, 5.74) is 2.52. The van der Waals surface area contributed by atoms with Gasteiger partial charge in [0, 0.05) is 0 Å². The zero-order chi connectivity index (χ0) is 12.3. The quantitative estimate of drug-likeness (QED) is 0.582. The molecule has 0 aromatic rings. The van der Waals surface area contributed by atoms with E-state index in [2.05, 4.69) is 31.1 Å². The Balaban J connectivity index is 4.69. The van der Waals surface area contributed by atoms with Crippen LogP contribution >= 0.6 is 0 Å². The SMILES string of the molecule is CC(C)(C)OC(C#C[Si](C)(C)C)C(=O)O. The fraction of sp³-hybridized carbons (Fsp3) is 0.727. The number of carbonyl (C=O) groups is 1. The van der Waals surface area contributed by atoms with E-state index in [0.29, 0.717) is 0 Å². The maximum Gasteiger partial charge on any atom is 0.345 e. The van der Waals surface area contributed by atoms with Crippen LogP contribution in [0.2, 0.25) is 19.6 Å². The van der Waals surface area contributed by atoms with Gasteiger partial charge in [0.15, 0.2) is 0 Å². The predicted molar refractivity (Wildman–Crippen MR) is 63.4 cm³/mol. The van der Waals surface area contributed by atoms with E-state index < -0.39 is 25.7 Å². The third-order valence-electron chi connectivity index (χ3n) is 1.27. The standard InChI is InChI=1S/C11H20O3Si/c1-11(2,3)14-9(10(12)13)7-8-15(4,5)6/h9H,1-6H3,(H,12,13). The van der Waals surface area contributed by atoms with E-state index in [1.165, 1.54) is 0 Å². The van der Waals surface area contributed by atoms with Gasteiger partial charge in [-0.25, -0.2) is 4.79 Å². The minimum absolute atomic E-state index is 0.489. The molecule has 1 unspecified atom stereocenters. The molecule has 1 N–H and O–H groups in total. The van der Waals surface area contributed by atoms with Crippen molar-refractivity contribution in [3.05, 3.63) is 0 Å². The Morgan fingerprint density at radius 1 is 1.33 bits per heavy atom. The van der Waals surface area contributed by atoms with Crippen LogP contribution in [0.4, 0.5) is 0 Å². The highest BCUT2D eigenvalue weighted by Gasteiger charge is 2.23. The maximum absolute atomic E-state index is 10.9. The van der Waals surface area contributed by atoms with Crippen molar-refractivity contribution in [3.8, 4) is 11.5 Å². The van der Waals surface area contributed by atoms with E-state index in [9.17, 15) is 4.79 Å². The first-order valence-corrected chi connectivity index (χ1v) is 8.44. The third kappa shape index (κ3) is 8.22. The van der Waals surface area contributed by atoms with E-state index in [1.807, 2.05) is 20.8 Å². The first-order chi connectivity index (χ1) is 6.51. The van der Waals surface area contributed by atoms with Gasteiger partial charge in [0.1, 0.15) is 8.07 Å². The second kappa shape index (κ2) is 4.82. The molecule has 3 nitrogen and oxygen atoms in total. The number of ether oxygens (including phenoxy) is 1. The van der Waals surface area contributed by atoms with Gasteiger partial charge in [-0.15, -0.1) is 5.54 Å². The third-order valence-corrected chi connectivity index (χ3v) is 2.17. The normalized spacial score (nSPS) is 14.0. The van der Waals surface area contributed by atoms with Crippen LogP contribution in [-0.4, -0.2) is 30.9 Å². The number of carboxylic acids is 1. The fourth-order valence-electron chi connectivity index (χ4n) is 0.777. The zero-order valence-corrected chi connectivity index (χ0v) is 11.3. The Labute approximate surface area is 92.8 Å². The molecule has 0 heterocycles. The molecule has 0 bridgehead atoms.